The summed E-state index contributed by atoms with van der Waals surface area (Å²) in [6.45, 7) is 10.5. The molecular formula is C16H24N2O2. The predicted molar refractivity (Wildman–Crippen MR) is 76.6 cm³/mol. The Morgan fingerprint density at radius 3 is 2.45 bits per heavy atom. The molecule has 1 atom stereocenters. The van der Waals surface area contributed by atoms with E-state index in [0.717, 1.165) is 31.4 Å². The first kappa shape index (κ1) is 13.7. The molecule has 110 valence electrons. The van der Waals surface area contributed by atoms with Crippen LogP contribution in [-0.2, 0) is 9.59 Å². The normalized spacial score (nSPS) is 39.5. The Labute approximate surface area is 120 Å². The Morgan fingerprint density at radius 1 is 1.35 bits per heavy atom. The van der Waals surface area contributed by atoms with Crippen LogP contribution in [0.15, 0.2) is 12.3 Å². The second-order valence-corrected chi connectivity index (χ2v) is 8.00. The quantitative estimate of drug-likeness (QED) is 0.811. The summed E-state index contributed by atoms with van der Waals surface area (Å²) in [4.78, 5) is 24.3. The van der Waals surface area contributed by atoms with Gasteiger partial charge in [0.25, 0.3) is 0 Å². The van der Waals surface area contributed by atoms with Gasteiger partial charge in [-0.15, -0.1) is 0 Å². The molecule has 4 fully saturated rings. The molecule has 2 bridgehead atoms. The number of carbonyl (C=O) groups is 2. The first-order valence-electron chi connectivity index (χ1n) is 7.47. The van der Waals surface area contributed by atoms with Gasteiger partial charge in [-0.25, -0.2) is 0 Å². The zero-order valence-corrected chi connectivity index (χ0v) is 12.6. The molecule has 0 aromatic rings. The van der Waals surface area contributed by atoms with Crippen molar-refractivity contribution in [1.29, 1.82) is 0 Å². The molecule has 4 rings (SSSR count). The van der Waals surface area contributed by atoms with Crippen LogP contribution in [0.2, 0.25) is 0 Å². The van der Waals surface area contributed by atoms with Gasteiger partial charge in [-0.2, -0.15) is 0 Å². The van der Waals surface area contributed by atoms with E-state index in [9.17, 15) is 9.59 Å². The van der Waals surface area contributed by atoms with Crippen LogP contribution in [0.4, 0.5) is 0 Å². The summed E-state index contributed by atoms with van der Waals surface area (Å²) in [6, 6.07) is -0.382. The van der Waals surface area contributed by atoms with Crippen molar-refractivity contribution in [2.75, 3.05) is 0 Å². The van der Waals surface area contributed by atoms with Crippen molar-refractivity contribution in [1.82, 2.24) is 10.6 Å². The van der Waals surface area contributed by atoms with Gasteiger partial charge in [0.05, 0.1) is 5.41 Å². The van der Waals surface area contributed by atoms with Crippen LogP contribution >= 0.6 is 0 Å². The minimum atomic E-state index is -0.382. The maximum atomic E-state index is 12.4. The molecule has 4 nitrogen and oxygen atoms in total. The molecule has 0 aromatic heterocycles. The van der Waals surface area contributed by atoms with Gasteiger partial charge in [0.15, 0.2) is 0 Å². The minimum absolute atomic E-state index is 0.0799. The average Bonchev–Trinajstić information content (AvgIpc) is 2.15. The van der Waals surface area contributed by atoms with Crippen LogP contribution in [0.5, 0.6) is 0 Å². The first-order chi connectivity index (χ1) is 9.17. The highest BCUT2D eigenvalue weighted by Crippen LogP contribution is 2.79. The van der Waals surface area contributed by atoms with E-state index in [4.69, 9.17) is 0 Å². The molecule has 0 spiro atoms. The highest BCUT2D eigenvalue weighted by atomic mass is 16.2. The van der Waals surface area contributed by atoms with Gasteiger partial charge in [0.1, 0.15) is 6.04 Å². The van der Waals surface area contributed by atoms with Crippen molar-refractivity contribution < 1.29 is 9.59 Å². The fourth-order valence-electron chi connectivity index (χ4n) is 4.05. The summed E-state index contributed by atoms with van der Waals surface area (Å²) < 4.78 is 0. The standard InChI is InChI=1S/C16H24N2O2/c1-10-5-6-11(12(19)17-10)18-13(20)15-7-16(8-15,9-15)14(2,3)4/h11H,1,5-9H2,2-4H3,(H,17,19)(H,18,20). The lowest BCUT2D eigenvalue weighted by atomic mass is 9.29. The summed E-state index contributed by atoms with van der Waals surface area (Å²) in [6.07, 6.45) is 4.36. The Kier molecular flexibility index (Phi) is 2.64. The Balaban J connectivity index is 1.58. The van der Waals surface area contributed by atoms with Crippen LogP contribution in [0.1, 0.15) is 52.9 Å². The highest BCUT2D eigenvalue weighted by molar-refractivity contribution is 5.93. The minimum Gasteiger partial charge on any atom is -0.344 e. The van der Waals surface area contributed by atoms with Gasteiger partial charge in [0.2, 0.25) is 11.8 Å². The highest BCUT2D eigenvalue weighted by Gasteiger charge is 2.74. The molecule has 1 unspecified atom stereocenters. The van der Waals surface area contributed by atoms with Gasteiger partial charge in [-0.05, 0) is 42.9 Å². The fraction of sp³-hybridized carbons (Fsp3) is 0.750. The van der Waals surface area contributed by atoms with Crippen LogP contribution in [0, 0.1) is 16.2 Å². The molecule has 4 heteroatoms. The third-order valence-corrected chi connectivity index (χ3v) is 5.76. The molecule has 2 amide bonds. The lowest BCUT2D eigenvalue weighted by molar-refractivity contribution is -0.249. The van der Waals surface area contributed by atoms with Gasteiger partial charge in [-0.3, -0.25) is 9.59 Å². The SMILES string of the molecule is C=C1CCC(NC(=O)C23CC(C(C)(C)C)(C2)C3)C(=O)N1. The molecule has 0 radical (unpaired) electrons. The zero-order valence-electron chi connectivity index (χ0n) is 12.6. The number of hydrogen-bond acceptors (Lipinski definition) is 2. The van der Waals surface area contributed by atoms with Crippen LogP contribution in [0.25, 0.3) is 0 Å². The predicted octanol–water partition coefficient (Wildman–Crippen LogP) is 2.11. The lowest BCUT2D eigenvalue weighted by Crippen LogP contribution is -2.72. The largest absolute Gasteiger partial charge is 0.344 e. The van der Waals surface area contributed by atoms with E-state index in [1.54, 1.807) is 0 Å². The summed E-state index contributed by atoms with van der Waals surface area (Å²) in [5.74, 6) is -0.0389. The van der Waals surface area contributed by atoms with Crippen LogP contribution in [0.3, 0.4) is 0 Å². The number of nitrogens with one attached hydrogen (secondary N) is 2. The molecule has 1 saturated heterocycles. The summed E-state index contributed by atoms with van der Waals surface area (Å²) in [7, 11) is 0. The van der Waals surface area contributed by atoms with E-state index < -0.39 is 0 Å². The second-order valence-electron chi connectivity index (χ2n) is 8.00. The first-order valence-corrected chi connectivity index (χ1v) is 7.47. The molecule has 4 aliphatic rings. The number of rotatable bonds is 2. The third kappa shape index (κ3) is 1.73. The fourth-order valence-corrected chi connectivity index (χ4v) is 4.05. The van der Waals surface area contributed by atoms with Crippen LogP contribution in [-0.4, -0.2) is 17.9 Å². The summed E-state index contributed by atoms with van der Waals surface area (Å²) >= 11 is 0. The molecule has 0 aromatic carbocycles. The molecular weight excluding hydrogens is 252 g/mol. The number of carbonyl (C=O) groups excluding carboxylic acids is 2. The molecule has 3 aliphatic carbocycles. The van der Waals surface area contributed by atoms with Crippen molar-refractivity contribution >= 4 is 11.8 Å². The Hall–Kier alpha value is -1.32. The Morgan fingerprint density at radius 2 is 1.95 bits per heavy atom. The van der Waals surface area contributed by atoms with Gasteiger partial charge in [0, 0.05) is 5.70 Å². The van der Waals surface area contributed by atoms with E-state index in [2.05, 4.69) is 38.0 Å². The van der Waals surface area contributed by atoms with Crippen LogP contribution < -0.4 is 10.6 Å². The van der Waals surface area contributed by atoms with E-state index in [-0.39, 0.29) is 28.7 Å². The second kappa shape index (κ2) is 3.86. The van der Waals surface area contributed by atoms with E-state index >= 15 is 0 Å². The van der Waals surface area contributed by atoms with E-state index in [1.807, 2.05) is 0 Å². The van der Waals surface area contributed by atoms with Crippen molar-refractivity contribution in [3.63, 3.8) is 0 Å². The lowest BCUT2D eigenvalue weighted by Gasteiger charge is -2.74. The zero-order chi connectivity index (χ0) is 14.8. The number of piperidine rings is 1. The van der Waals surface area contributed by atoms with Gasteiger partial charge < -0.3 is 10.6 Å². The van der Waals surface area contributed by atoms with Crippen molar-refractivity contribution in [3.05, 3.63) is 12.3 Å². The van der Waals surface area contributed by atoms with Crippen molar-refractivity contribution in [2.45, 2.75) is 58.9 Å². The summed E-state index contributed by atoms with van der Waals surface area (Å²) in [5, 5.41) is 5.66. The topological polar surface area (TPSA) is 58.2 Å². The number of allylic oxidation sites excluding steroid dienone is 1. The van der Waals surface area contributed by atoms with Gasteiger partial charge in [-0.1, -0.05) is 27.4 Å². The van der Waals surface area contributed by atoms with Crippen molar-refractivity contribution in [3.8, 4) is 0 Å². The smallest absolute Gasteiger partial charge is 0.246 e. The van der Waals surface area contributed by atoms with E-state index in [1.165, 1.54) is 0 Å². The molecule has 3 saturated carbocycles. The molecule has 1 aliphatic heterocycles. The maximum absolute atomic E-state index is 12.4. The maximum Gasteiger partial charge on any atom is 0.246 e. The van der Waals surface area contributed by atoms with Gasteiger partial charge >= 0.3 is 0 Å². The molecule has 2 N–H and O–H groups in total. The number of amides is 2. The third-order valence-electron chi connectivity index (χ3n) is 5.76. The summed E-state index contributed by atoms with van der Waals surface area (Å²) in [5.41, 5.74) is 1.20. The molecule has 1 heterocycles. The van der Waals surface area contributed by atoms with Crippen molar-refractivity contribution in [2.24, 2.45) is 16.2 Å². The average molecular weight is 276 g/mol. The van der Waals surface area contributed by atoms with E-state index in [0.29, 0.717) is 11.8 Å². The monoisotopic (exact) mass is 276 g/mol. The molecule has 20 heavy (non-hydrogen) atoms. The Bertz CT molecular complexity index is 481. The number of hydrogen-bond donors (Lipinski definition) is 2.